The largest absolute Gasteiger partial charge is 0.479 e. The molecule has 4 nitrogen and oxygen atoms in total. The number of nitrogens with two attached hydrogens (primary N) is 1. The molecule has 4 heteroatoms. The number of hydrogen-bond acceptors (Lipinski definition) is 4. The molecule has 3 N–H and O–H groups in total. The molecule has 0 aliphatic heterocycles. The van der Waals surface area contributed by atoms with Crippen molar-refractivity contribution in [3.63, 3.8) is 0 Å². The van der Waals surface area contributed by atoms with Crippen LogP contribution in [0.15, 0.2) is 36.4 Å². The molecule has 0 radical (unpaired) electrons. The Kier molecular flexibility index (Phi) is 3.14. The van der Waals surface area contributed by atoms with Gasteiger partial charge >= 0.3 is 0 Å². The number of aryl methyl sites for hydroxylation is 1. The summed E-state index contributed by atoms with van der Waals surface area (Å²) < 4.78 is 5.07. The fourth-order valence-corrected chi connectivity index (χ4v) is 1.56. The zero-order chi connectivity index (χ0) is 12.3. The van der Waals surface area contributed by atoms with Crippen molar-refractivity contribution in [2.75, 3.05) is 18.2 Å². The van der Waals surface area contributed by atoms with Crippen molar-refractivity contribution in [1.29, 1.82) is 0 Å². The Labute approximate surface area is 100 Å². The average Bonchev–Trinajstić information content (AvgIpc) is 2.32. The van der Waals surface area contributed by atoms with Crippen molar-refractivity contribution in [3.8, 4) is 5.88 Å². The van der Waals surface area contributed by atoms with Crippen molar-refractivity contribution in [2.24, 2.45) is 0 Å². The summed E-state index contributed by atoms with van der Waals surface area (Å²) in [5, 5.41) is 3.20. The Balaban J connectivity index is 2.24. The predicted octanol–water partition coefficient (Wildman–Crippen LogP) is 2.72. The third-order valence-corrected chi connectivity index (χ3v) is 2.37. The third kappa shape index (κ3) is 2.66. The van der Waals surface area contributed by atoms with Gasteiger partial charge in [0.05, 0.1) is 12.8 Å². The van der Waals surface area contributed by atoms with Crippen molar-refractivity contribution in [2.45, 2.75) is 6.92 Å². The van der Waals surface area contributed by atoms with E-state index in [1.165, 1.54) is 5.56 Å². The topological polar surface area (TPSA) is 60.2 Å². The summed E-state index contributed by atoms with van der Waals surface area (Å²) in [5.41, 5.74) is 8.41. The zero-order valence-electron chi connectivity index (χ0n) is 9.90. The Morgan fingerprint density at radius 1 is 1.24 bits per heavy atom. The van der Waals surface area contributed by atoms with Crippen molar-refractivity contribution in [3.05, 3.63) is 42.0 Å². The van der Waals surface area contributed by atoms with Crippen LogP contribution in [0.1, 0.15) is 5.56 Å². The smallest absolute Gasteiger partial charge is 0.238 e. The number of rotatable bonds is 3. The van der Waals surface area contributed by atoms with Crippen molar-refractivity contribution < 1.29 is 4.74 Å². The summed E-state index contributed by atoms with van der Waals surface area (Å²) in [7, 11) is 1.55. The maximum atomic E-state index is 5.70. The molecule has 0 saturated heterocycles. The van der Waals surface area contributed by atoms with E-state index < -0.39 is 0 Å². The minimum Gasteiger partial charge on any atom is -0.479 e. The predicted molar refractivity (Wildman–Crippen MR) is 69.7 cm³/mol. The van der Waals surface area contributed by atoms with Gasteiger partial charge in [-0.05, 0) is 36.8 Å². The van der Waals surface area contributed by atoms with Gasteiger partial charge in [-0.3, -0.25) is 0 Å². The Bertz CT molecular complexity index is 526. The lowest BCUT2D eigenvalue weighted by molar-refractivity contribution is 0.401. The molecule has 0 saturated carbocycles. The summed E-state index contributed by atoms with van der Waals surface area (Å²) in [6.07, 6.45) is 0. The van der Waals surface area contributed by atoms with E-state index in [0.29, 0.717) is 17.4 Å². The lowest BCUT2D eigenvalue weighted by Crippen LogP contribution is -1.99. The van der Waals surface area contributed by atoms with Gasteiger partial charge < -0.3 is 15.8 Å². The number of hydrogen-bond donors (Lipinski definition) is 2. The van der Waals surface area contributed by atoms with Gasteiger partial charge in [-0.1, -0.05) is 12.1 Å². The van der Waals surface area contributed by atoms with Crippen LogP contribution >= 0.6 is 0 Å². The third-order valence-electron chi connectivity index (χ3n) is 2.37. The lowest BCUT2D eigenvalue weighted by atomic mass is 10.2. The van der Waals surface area contributed by atoms with Crippen LogP contribution in [0.5, 0.6) is 5.88 Å². The number of nitrogens with one attached hydrogen (secondary N) is 1. The van der Waals surface area contributed by atoms with E-state index in [9.17, 15) is 0 Å². The lowest BCUT2D eigenvalue weighted by Gasteiger charge is -2.09. The van der Waals surface area contributed by atoms with E-state index in [2.05, 4.69) is 10.3 Å². The first-order valence-electron chi connectivity index (χ1n) is 5.33. The molecule has 1 aromatic heterocycles. The van der Waals surface area contributed by atoms with Crippen LogP contribution < -0.4 is 15.8 Å². The second-order valence-corrected chi connectivity index (χ2v) is 3.79. The summed E-state index contributed by atoms with van der Waals surface area (Å²) in [6.45, 7) is 2.04. The molecule has 0 fully saturated rings. The fourth-order valence-electron chi connectivity index (χ4n) is 1.56. The van der Waals surface area contributed by atoms with Gasteiger partial charge in [0.1, 0.15) is 5.82 Å². The summed E-state index contributed by atoms with van der Waals surface area (Å²) in [5.74, 6) is 1.14. The number of anilines is 3. The zero-order valence-corrected chi connectivity index (χ0v) is 9.90. The molecule has 2 rings (SSSR count). The van der Waals surface area contributed by atoms with Crippen LogP contribution in [0.2, 0.25) is 0 Å². The molecule has 0 bridgehead atoms. The Hall–Kier alpha value is -2.23. The van der Waals surface area contributed by atoms with Gasteiger partial charge in [-0.25, -0.2) is 0 Å². The quantitative estimate of drug-likeness (QED) is 0.849. The van der Waals surface area contributed by atoms with E-state index in [1.54, 1.807) is 13.2 Å². The van der Waals surface area contributed by atoms with Crippen LogP contribution in [0, 0.1) is 6.92 Å². The number of nitrogen functional groups attached to an aromatic ring is 1. The molecule has 0 atom stereocenters. The van der Waals surface area contributed by atoms with E-state index in [-0.39, 0.29) is 0 Å². The highest BCUT2D eigenvalue weighted by Crippen LogP contribution is 2.22. The van der Waals surface area contributed by atoms with Gasteiger partial charge in [0.2, 0.25) is 5.88 Å². The molecule has 1 heterocycles. The number of benzene rings is 1. The van der Waals surface area contributed by atoms with E-state index in [1.807, 2.05) is 37.3 Å². The van der Waals surface area contributed by atoms with E-state index in [0.717, 1.165) is 5.69 Å². The minimum atomic E-state index is 0.433. The molecule has 0 amide bonds. The molecule has 88 valence electrons. The number of methoxy groups -OCH3 is 1. The summed E-state index contributed by atoms with van der Waals surface area (Å²) in [4.78, 5) is 4.26. The highest BCUT2D eigenvalue weighted by molar-refractivity contribution is 5.61. The molecular formula is C13H15N3O. The molecule has 1 aromatic carbocycles. The molecule has 0 aliphatic rings. The first-order valence-corrected chi connectivity index (χ1v) is 5.33. The molecule has 0 spiro atoms. The SMILES string of the molecule is COc1nc(Nc2cccc(C)c2)ccc1N. The maximum absolute atomic E-state index is 5.70. The van der Waals surface area contributed by atoms with Gasteiger partial charge in [-0.2, -0.15) is 4.98 Å². The molecule has 2 aromatic rings. The van der Waals surface area contributed by atoms with Crippen molar-refractivity contribution in [1.82, 2.24) is 4.98 Å². The first-order chi connectivity index (χ1) is 8.19. The van der Waals surface area contributed by atoms with Gasteiger partial charge in [-0.15, -0.1) is 0 Å². The first kappa shape index (κ1) is 11.3. The van der Waals surface area contributed by atoms with E-state index in [4.69, 9.17) is 10.5 Å². The highest BCUT2D eigenvalue weighted by Gasteiger charge is 2.03. The Morgan fingerprint density at radius 3 is 2.76 bits per heavy atom. The van der Waals surface area contributed by atoms with Crippen LogP contribution in [-0.2, 0) is 0 Å². The monoisotopic (exact) mass is 229 g/mol. The van der Waals surface area contributed by atoms with Crippen LogP contribution in [0.4, 0.5) is 17.2 Å². The summed E-state index contributed by atoms with van der Waals surface area (Å²) in [6, 6.07) is 11.7. The Morgan fingerprint density at radius 2 is 2.06 bits per heavy atom. The van der Waals surface area contributed by atoms with Crippen LogP contribution in [0.3, 0.4) is 0 Å². The second kappa shape index (κ2) is 4.74. The van der Waals surface area contributed by atoms with Crippen LogP contribution in [0.25, 0.3) is 0 Å². The van der Waals surface area contributed by atoms with Gasteiger partial charge in [0, 0.05) is 5.69 Å². The molecule has 0 unspecified atom stereocenters. The minimum absolute atomic E-state index is 0.433. The van der Waals surface area contributed by atoms with Crippen molar-refractivity contribution >= 4 is 17.2 Å². The molecular weight excluding hydrogens is 214 g/mol. The second-order valence-electron chi connectivity index (χ2n) is 3.79. The number of ether oxygens (including phenoxy) is 1. The average molecular weight is 229 g/mol. The number of aromatic nitrogens is 1. The summed E-state index contributed by atoms with van der Waals surface area (Å²) >= 11 is 0. The maximum Gasteiger partial charge on any atom is 0.238 e. The highest BCUT2D eigenvalue weighted by atomic mass is 16.5. The van der Waals surface area contributed by atoms with Gasteiger partial charge in [0.15, 0.2) is 0 Å². The van der Waals surface area contributed by atoms with Gasteiger partial charge in [0.25, 0.3) is 0 Å². The number of pyridine rings is 1. The van der Waals surface area contributed by atoms with Crippen LogP contribution in [-0.4, -0.2) is 12.1 Å². The molecule has 17 heavy (non-hydrogen) atoms. The molecule has 0 aliphatic carbocycles. The standard InChI is InChI=1S/C13H15N3O/c1-9-4-3-5-10(8-9)15-12-7-6-11(14)13(16-12)17-2/h3-8H,14H2,1-2H3,(H,15,16). The number of nitrogens with zero attached hydrogens (tertiary/aromatic N) is 1. The van der Waals surface area contributed by atoms with E-state index >= 15 is 0 Å². The normalized spacial score (nSPS) is 10.0. The fraction of sp³-hybridized carbons (Fsp3) is 0.154.